The Hall–Kier alpha value is -1.98. The van der Waals surface area contributed by atoms with E-state index in [4.69, 9.17) is 5.11 Å². The molecule has 2 atom stereocenters. The van der Waals surface area contributed by atoms with Crippen LogP contribution < -0.4 is 5.32 Å². The maximum atomic E-state index is 13.7. The van der Waals surface area contributed by atoms with Gasteiger partial charge in [-0.1, -0.05) is 6.07 Å². The SMILES string of the molecule is O=C(O)CC1(NC(=O)C2CC2c2ccc(F)cc2F)CCC1. The number of aliphatic carboxylic acids is 1. The zero-order valence-corrected chi connectivity index (χ0v) is 11.9. The van der Waals surface area contributed by atoms with E-state index in [2.05, 4.69) is 5.32 Å². The molecule has 1 aromatic rings. The molecule has 0 spiro atoms. The lowest BCUT2D eigenvalue weighted by Crippen LogP contribution is -2.55. The Labute approximate surface area is 126 Å². The van der Waals surface area contributed by atoms with Crippen molar-refractivity contribution in [3.8, 4) is 0 Å². The molecular formula is C16H17F2NO3. The third-order valence-corrected chi connectivity index (χ3v) is 4.68. The molecule has 0 aromatic heterocycles. The largest absolute Gasteiger partial charge is 0.481 e. The maximum absolute atomic E-state index is 13.7. The Balaban J connectivity index is 1.64. The predicted octanol–water partition coefficient (Wildman–Crippen LogP) is 2.58. The van der Waals surface area contributed by atoms with Crippen LogP contribution in [0.15, 0.2) is 18.2 Å². The number of hydrogen-bond donors (Lipinski definition) is 2. The highest BCUT2D eigenvalue weighted by atomic mass is 19.1. The Morgan fingerprint density at radius 1 is 1.32 bits per heavy atom. The second-order valence-corrected chi connectivity index (χ2v) is 6.31. The molecule has 22 heavy (non-hydrogen) atoms. The van der Waals surface area contributed by atoms with Crippen LogP contribution in [0.2, 0.25) is 0 Å². The number of carbonyl (C=O) groups excluding carboxylic acids is 1. The maximum Gasteiger partial charge on any atom is 0.305 e. The van der Waals surface area contributed by atoms with Crippen LogP contribution in [0.3, 0.4) is 0 Å². The third kappa shape index (κ3) is 2.82. The van der Waals surface area contributed by atoms with Crippen LogP contribution in [0.5, 0.6) is 0 Å². The summed E-state index contributed by atoms with van der Waals surface area (Å²) in [5.74, 6) is -3.04. The van der Waals surface area contributed by atoms with E-state index in [1.807, 2.05) is 0 Å². The molecule has 2 saturated carbocycles. The van der Waals surface area contributed by atoms with Gasteiger partial charge in [0.1, 0.15) is 11.6 Å². The van der Waals surface area contributed by atoms with E-state index in [9.17, 15) is 18.4 Å². The smallest absolute Gasteiger partial charge is 0.305 e. The molecule has 2 fully saturated rings. The lowest BCUT2D eigenvalue weighted by atomic mass is 9.74. The summed E-state index contributed by atoms with van der Waals surface area (Å²) >= 11 is 0. The summed E-state index contributed by atoms with van der Waals surface area (Å²) in [4.78, 5) is 23.2. The lowest BCUT2D eigenvalue weighted by molar-refractivity contribution is -0.140. The van der Waals surface area contributed by atoms with Crippen molar-refractivity contribution < 1.29 is 23.5 Å². The zero-order valence-electron chi connectivity index (χ0n) is 11.9. The van der Waals surface area contributed by atoms with Crippen molar-refractivity contribution >= 4 is 11.9 Å². The van der Waals surface area contributed by atoms with Gasteiger partial charge in [-0.15, -0.1) is 0 Å². The van der Waals surface area contributed by atoms with Crippen LogP contribution in [0, 0.1) is 17.6 Å². The van der Waals surface area contributed by atoms with E-state index in [1.54, 1.807) is 0 Å². The summed E-state index contributed by atoms with van der Waals surface area (Å²) in [6, 6.07) is 3.38. The molecule has 2 N–H and O–H groups in total. The van der Waals surface area contributed by atoms with E-state index in [0.29, 0.717) is 24.8 Å². The average molecular weight is 309 g/mol. The summed E-state index contributed by atoms with van der Waals surface area (Å²) in [6.45, 7) is 0. The molecule has 0 radical (unpaired) electrons. The Morgan fingerprint density at radius 3 is 2.59 bits per heavy atom. The molecule has 0 heterocycles. The van der Waals surface area contributed by atoms with Crippen molar-refractivity contribution in [2.24, 2.45) is 5.92 Å². The lowest BCUT2D eigenvalue weighted by Gasteiger charge is -2.41. The highest BCUT2D eigenvalue weighted by Crippen LogP contribution is 2.49. The first kappa shape index (κ1) is 14.9. The molecule has 118 valence electrons. The number of benzene rings is 1. The first-order chi connectivity index (χ1) is 10.4. The van der Waals surface area contributed by atoms with E-state index >= 15 is 0 Å². The minimum absolute atomic E-state index is 0.0823. The molecule has 1 amide bonds. The molecule has 0 bridgehead atoms. The topological polar surface area (TPSA) is 66.4 Å². The van der Waals surface area contributed by atoms with Crippen molar-refractivity contribution in [1.29, 1.82) is 0 Å². The minimum Gasteiger partial charge on any atom is -0.481 e. The number of carboxylic acid groups (broad SMARTS) is 1. The molecular weight excluding hydrogens is 292 g/mol. The van der Waals surface area contributed by atoms with Crippen LogP contribution in [0.4, 0.5) is 8.78 Å². The van der Waals surface area contributed by atoms with Crippen LogP contribution in [0.25, 0.3) is 0 Å². The second-order valence-electron chi connectivity index (χ2n) is 6.31. The van der Waals surface area contributed by atoms with Gasteiger partial charge in [-0.3, -0.25) is 9.59 Å². The van der Waals surface area contributed by atoms with Crippen molar-refractivity contribution in [3.63, 3.8) is 0 Å². The fourth-order valence-corrected chi connectivity index (χ4v) is 3.22. The van der Waals surface area contributed by atoms with E-state index < -0.39 is 23.1 Å². The van der Waals surface area contributed by atoms with Crippen LogP contribution >= 0.6 is 0 Å². The summed E-state index contributed by atoms with van der Waals surface area (Å²) in [5, 5.41) is 11.8. The number of carboxylic acids is 1. The highest BCUT2D eigenvalue weighted by Gasteiger charge is 2.49. The standard InChI is InChI=1S/C16H17F2NO3/c17-9-2-3-10(13(18)6-9)11-7-12(11)15(22)19-16(4-1-5-16)8-14(20)21/h2-3,6,11-12H,1,4-5,7-8H2,(H,19,22)(H,20,21). The number of rotatable bonds is 5. The fraction of sp³-hybridized carbons (Fsp3) is 0.500. The molecule has 0 aliphatic heterocycles. The summed E-state index contributed by atoms with van der Waals surface area (Å²) in [7, 11) is 0. The monoisotopic (exact) mass is 309 g/mol. The first-order valence-corrected chi connectivity index (χ1v) is 7.39. The number of halogens is 2. The Kier molecular flexibility index (Phi) is 3.62. The van der Waals surface area contributed by atoms with Gasteiger partial charge in [-0.25, -0.2) is 8.78 Å². The molecule has 2 unspecified atom stereocenters. The second kappa shape index (κ2) is 5.34. The van der Waals surface area contributed by atoms with Crippen LogP contribution in [-0.2, 0) is 9.59 Å². The molecule has 2 aliphatic rings. The molecule has 1 aromatic carbocycles. The number of carbonyl (C=O) groups is 2. The summed E-state index contributed by atoms with van der Waals surface area (Å²) < 4.78 is 26.6. The van der Waals surface area contributed by atoms with Gasteiger partial charge in [-0.2, -0.15) is 0 Å². The number of hydrogen-bond acceptors (Lipinski definition) is 2. The van der Waals surface area contributed by atoms with Gasteiger partial charge in [0.15, 0.2) is 0 Å². The molecule has 4 nitrogen and oxygen atoms in total. The molecule has 3 rings (SSSR count). The van der Waals surface area contributed by atoms with Gasteiger partial charge in [0, 0.05) is 12.0 Å². The summed E-state index contributed by atoms with van der Waals surface area (Å²) in [6.07, 6.45) is 2.65. The highest BCUT2D eigenvalue weighted by molar-refractivity contribution is 5.84. The molecule has 2 aliphatic carbocycles. The van der Waals surface area contributed by atoms with Gasteiger partial charge in [0.25, 0.3) is 0 Å². The van der Waals surface area contributed by atoms with E-state index in [0.717, 1.165) is 12.5 Å². The van der Waals surface area contributed by atoms with Crippen LogP contribution in [-0.4, -0.2) is 22.5 Å². The average Bonchev–Trinajstić information content (AvgIpc) is 3.15. The molecule has 6 heteroatoms. The first-order valence-electron chi connectivity index (χ1n) is 7.39. The predicted molar refractivity (Wildman–Crippen MR) is 74.2 cm³/mol. The quantitative estimate of drug-likeness (QED) is 0.878. The Bertz CT molecular complexity index is 628. The number of nitrogens with one attached hydrogen (secondary N) is 1. The van der Waals surface area contributed by atoms with Crippen molar-refractivity contribution in [1.82, 2.24) is 5.32 Å². The van der Waals surface area contributed by atoms with Gasteiger partial charge in [0.05, 0.1) is 12.0 Å². The van der Waals surface area contributed by atoms with Crippen molar-refractivity contribution in [3.05, 3.63) is 35.4 Å². The summed E-state index contributed by atoms with van der Waals surface area (Å²) in [5.41, 5.74) is -0.292. The fourth-order valence-electron chi connectivity index (χ4n) is 3.22. The molecule has 0 saturated heterocycles. The van der Waals surface area contributed by atoms with E-state index in [-0.39, 0.29) is 24.2 Å². The third-order valence-electron chi connectivity index (χ3n) is 4.68. The van der Waals surface area contributed by atoms with E-state index in [1.165, 1.54) is 12.1 Å². The van der Waals surface area contributed by atoms with Gasteiger partial charge >= 0.3 is 5.97 Å². The zero-order chi connectivity index (χ0) is 15.9. The van der Waals surface area contributed by atoms with Gasteiger partial charge in [0.2, 0.25) is 5.91 Å². The van der Waals surface area contributed by atoms with Gasteiger partial charge < -0.3 is 10.4 Å². The Morgan fingerprint density at radius 2 is 2.05 bits per heavy atom. The normalized spacial score (nSPS) is 25.2. The van der Waals surface area contributed by atoms with Crippen molar-refractivity contribution in [2.75, 3.05) is 0 Å². The van der Waals surface area contributed by atoms with Crippen LogP contribution in [0.1, 0.15) is 43.6 Å². The van der Waals surface area contributed by atoms with Crippen molar-refractivity contribution in [2.45, 2.75) is 43.6 Å². The minimum atomic E-state index is -0.933. The number of amides is 1. The van der Waals surface area contributed by atoms with Gasteiger partial charge in [-0.05, 0) is 43.2 Å².